The van der Waals surface area contributed by atoms with E-state index in [1.807, 2.05) is 65.1 Å². The smallest absolute Gasteiger partial charge is 0.279 e. The Morgan fingerprint density at radius 2 is 1.89 bits per heavy atom. The molecule has 0 bridgehead atoms. The fraction of sp³-hybridized carbons (Fsp3) is 0.364. The van der Waals surface area contributed by atoms with Crippen LogP contribution in [0.1, 0.15) is 32.9 Å². The van der Waals surface area contributed by atoms with E-state index in [4.69, 9.17) is 0 Å². The first-order valence-electron chi connectivity index (χ1n) is 9.22. The predicted molar refractivity (Wildman–Crippen MR) is 110 cm³/mol. The van der Waals surface area contributed by atoms with Gasteiger partial charge in [-0.1, -0.05) is 18.2 Å². The number of anilines is 1. The molecule has 0 saturated heterocycles. The van der Waals surface area contributed by atoms with E-state index in [1.54, 1.807) is 0 Å². The van der Waals surface area contributed by atoms with Gasteiger partial charge in [-0.3, -0.25) is 9.59 Å². The minimum absolute atomic E-state index is 0.0513. The van der Waals surface area contributed by atoms with Gasteiger partial charge in [-0.15, -0.1) is 6.58 Å². The van der Waals surface area contributed by atoms with Gasteiger partial charge in [0.1, 0.15) is 6.54 Å². The van der Waals surface area contributed by atoms with Crippen LogP contribution in [0.4, 0.5) is 5.69 Å². The minimum atomic E-state index is -0.0915. The van der Waals surface area contributed by atoms with Crippen molar-refractivity contribution >= 4 is 17.4 Å². The highest BCUT2D eigenvalue weighted by atomic mass is 16.2. The highest BCUT2D eigenvalue weighted by Gasteiger charge is 2.20. The van der Waals surface area contributed by atoms with E-state index in [9.17, 15) is 9.59 Å². The Labute approximate surface area is 161 Å². The van der Waals surface area contributed by atoms with E-state index < -0.39 is 0 Å². The lowest BCUT2D eigenvalue weighted by Gasteiger charge is -2.15. The molecule has 0 aliphatic rings. The number of nitrogens with one attached hydrogen (secondary N) is 2. The largest absolute Gasteiger partial charge is 0.345 e. The van der Waals surface area contributed by atoms with Crippen molar-refractivity contribution in [2.24, 2.45) is 0 Å². The Morgan fingerprint density at radius 3 is 2.56 bits per heavy atom. The van der Waals surface area contributed by atoms with Crippen molar-refractivity contribution in [1.82, 2.24) is 4.57 Å². The van der Waals surface area contributed by atoms with E-state index in [2.05, 4.69) is 16.5 Å². The summed E-state index contributed by atoms with van der Waals surface area (Å²) in [5.41, 5.74) is 5.75. The van der Waals surface area contributed by atoms with E-state index in [0.29, 0.717) is 6.54 Å². The molecule has 0 fully saturated rings. The van der Waals surface area contributed by atoms with Gasteiger partial charge < -0.3 is 14.8 Å². The number of benzene rings is 1. The molecule has 1 atom stereocenters. The average molecular weight is 369 g/mol. The van der Waals surface area contributed by atoms with Crippen LogP contribution in [0.2, 0.25) is 0 Å². The predicted octanol–water partition coefficient (Wildman–Crippen LogP) is 2.24. The highest BCUT2D eigenvalue weighted by molar-refractivity contribution is 5.98. The number of Topliss-reactive ketones (excluding diaryl/α,β-unsaturated/α-hetero) is 1. The number of quaternary nitrogens is 1. The number of rotatable bonds is 8. The van der Waals surface area contributed by atoms with E-state index in [1.165, 1.54) is 0 Å². The van der Waals surface area contributed by atoms with Gasteiger partial charge in [0.15, 0.2) is 6.54 Å². The fourth-order valence-electron chi connectivity index (χ4n) is 3.28. The Balaban J connectivity index is 1.99. The zero-order chi connectivity index (χ0) is 20.1. The fourth-order valence-corrected chi connectivity index (χ4v) is 3.28. The quantitative estimate of drug-likeness (QED) is 0.555. The summed E-state index contributed by atoms with van der Waals surface area (Å²) in [7, 11) is 1.86. The summed E-state index contributed by atoms with van der Waals surface area (Å²) in [6.45, 7) is 12.9. The van der Waals surface area contributed by atoms with Crippen molar-refractivity contribution < 1.29 is 14.5 Å². The Morgan fingerprint density at radius 1 is 1.19 bits per heavy atom. The number of hydrogen-bond donors (Lipinski definition) is 2. The van der Waals surface area contributed by atoms with Gasteiger partial charge in [0.2, 0.25) is 5.78 Å². The first-order chi connectivity index (χ1) is 12.7. The molecular formula is C22H30N3O2+. The molecule has 1 aromatic heterocycles. The number of aromatic nitrogens is 1. The maximum Gasteiger partial charge on any atom is 0.279 e. The number of amides is 1. The average Bonchev–Trinajstić information content (AvgIpc) is 2.87. The van der Waals surface area contributed by atoms with Gasteiger partial charge >= 0.3 is 0 Å². The Hall–Kier alpha value is -2.66. The lowest BCUT2D eigenvalue weighted by atomic mass is 10.1. The molecule has 27 heavy (non-hydrogen) atoms. The molecule has 0 radical (unpaired) electrons. The van der Waals surface area contributed by atoms with Gasteiger partial charge in [0.25, 0.3) is 5.91 Å². The third kappa shape index (κ3) is 4.95. The molecule has 0 aliphatic carbocycles. The van der Waals surface area contributed by atoms with Crippen molar-refractivity contribution in [3.8, 4) is 0 Å². The van der Waals surface area contributed by atoms with E-state index in [-0.39, 0.29) is 24.8 Å². The van der Waals surface area contributed by atoms with E-state index >= 15 is 0 Å². The van der Waals surface area contributed by atoms with Crippen LogP contribution in [0.5, 0.6) is 0 Å². The topological polar surface area (TPSA) is 55.5 Å². The summed E-state index contributed by atoms with van der Waals surface area (Å²) in [6, 6.07) is 7.76. The summed E-state index contributed by atoms with van der Waals surface area (Å²) in [5, 5.41) is 2.95. The number of ketones is 1. The molecule has 2 rings (SSSR count). The monoisotopic (exact) mass is 368 g/mol. The summed E-state index contributed by atoms with van der Waals surface area (Å²) in [6.07, 6.45) is 1.82. The summed E-state index contributed by atoms with van der Waals surface area (Å²) in [5.74, 6) is -0.0402. The van der Waals surface area contributed by atoms with Gasteiger partial charge in [0, 0.05) is 29.2 Å². The second-order valence-corrected chi connectivity index (χ2v) is 7.21. The highest BCUT2D eigenvalue weighted by Crippen LogP contribution is 2.17. The lowest BCUT2D eigenvalue weighted by Crippen LogP contribution is -3.11. The van der Waals surface area contributed by atoms with Crippen LogP contribution >= 0.6 is 0 Å². The van der Waals surface area contributed by atoms with Gasteiger partial charge in [0.05, 0.1) is 7.05 Å². The van der Waals surface area contributed by atoms with Gasteiger partial charge in [-0.05, 0) is 51.0 Å². The number of likely N-dealkylation sites (N-methyl/N-ethyl adjacent to an activating group) is 1. The lowest BCUT2D eigenvalue weighted by molar-refractivity contribution is -0.861. The zero-order valence-electron chi connectivity index (χ0n) is 17.0. The molecule has 2 N–H and O–H groups in total. The van der Waals surface area contributed by atoms with Crippen LogP contribution in [0.3, 0.4) is 0 Å². The third-order valence-corrected chi connectivity index (χ3v) is 4.99. The maximum atomic E-state index is 12.7. The molecule has 0 aliphatic heterocycles. The van der Waals surface area contributed by atoms with Crippen LogP contribution in [-0.2, 0) is 11.3 Å². The number of nitrogens with zero attached hydrogens (tertiary/aromatic N) is 1. The standard InChI is InChI=1S/C22H29N3O2/c1-7-11-25-16(3)12-19(18(25)5)21(26)13-24(6)14-22(27)23-20-10-8-9-15(2)17(20)4/h7-10,12H,1,11,13-14H2,2-6H3,(H,23,27)/p+1. The number of carbonyl (C=O) groups is 2. The summed E-state index contributed by atoms with van der Waals surface area (Å²) < 4.78 is 2.07. The van der Waals surface area contributed by atoms with Crippen molar-refractivity contribution in [3.63, 3.8) is 0 Å². The third-order valence-electron chi connectivity index (χ3n) is 4.99. The molecule has 0 saturated carbocycles. The summed E-state index contributed by atoms with van der Waals surface area (Å²) >= 11 is 0. The van der Waals surface area contributed by atoms with Crippen LogP contribution < -0.4 is 10.2 Å². The van der Waals surface area contributed by atoms with Crippen molar-refractivity contribution in [3.05, 3.63) is 65.0 Å². The first kappa shape index (κ1) is 20.6. The SMILES string of the molecule is C=CCn1c(C)cc(C(=O)C[NH+](C)CC(=O)Nc2cccc(C)c2C)c1C. The summed E-state index contributed by atoms with van der Waals surface area (Å²) in [4.78, 5) is 25.9. The number of hydrogen-bond acceptors (Lipinski definition) is 2. The Kier molecular flexibility index (Phi) is 6.75. The maximum absolute atomic E-state index is 12.7. The molecule has 2 aromatic rings. The second kappa shape index (κ2) is 8.82. The van der Waals surface area contributed by atoms with Crippen LogP contribution in [0, 0.1) is 27.7 Å². The van der Waals surface area contributed by atoms with Crippen molar-refractivity contribution in [1.29, 1.82) is 0 Å². The minimum Gasteiger partial charge on any atom is -0.345 e. The number of aryl methyl sites for hydroxylation is 2. The molecule has 5 heteroatoms. The zero-order valence-corrected chi connectivity index (χ0v) is 17.0. The Bertz CT molecular complexity index is 865. The first-order valence-corrected chi connectivity index (χ1v) is 9.22. The van der Waals surface area contributed by atoms with Crippen LogP contribution in [0.25, 0.3) is 0 Å². The van der Waals surface area contributed by atoms with Gasteiger partial charge in [-0.2, -0.15) is 0 Å². The molecule has 5 nitrogen and oxygen atoms in total. The van der Waals surface area contributed by atoms with Crippen molar-refractivity contribution in [2.45, 2.75) is 34.2 Å². The second-order valence-electron chi connectivity index (χ2n) is 7.21. The molecule has 1 amide bonds. The number of allylic oxidation sites excluding steroid dienone is 1. The normalized spacial score (nSPS) is 11.9. The van der Waals surface area contributed by atoms with Crippen LogP contribution in [-0.4, -0.2) is 36.4 Å². The molecule has 0 spiro atoms. The molecule has 1 unspecified atom stereocenters. The van der Waals surface area contributed by atoms with Crippen molar-refractivity contribution in [2.75, 3.05) is 25.5 Å². The van der Waals surface area contributed by atoms with Crippen LogP contribution in [0.15, 0.2) is 36.9 Å². The van der Waals surface area contributed by atoms with Gasteiger partial charge in [-0.25, -0.2) is 0 Å². The molecule has 1 aromatic carbocycles. The molecular weight excluding hydrogens is 338 g/mol. The van der Waals surface area contributed by atoms with E-state index in [0.717, 1.165) is 38.7 Å². The number of carbonyl (C=O) groups excluding carboxylic acids is 2. The molecule has 1 heterocycles. The molecule has 144 valence electrons.